The Morgan fingerprint density at radius 3 is 2.14 bits per heavy atom. The van der Waals surface area contributed by atoms with Crippen molar-refractivity contribution in [3.05, 3.63) is 156 Å². The van der Waals surface area contributed by atoms with Gasteiger partial charge in [-0.25, -0.2) is 0 Å². The Hall–Kier alpha value is -5.34. The molecule has 43 heavy (non-hydrogen) atoms. The minimum atomic E-state index is -0.214. The molecule has 0 fully saturated rings. The molecule has 0 saturated heterocycles. The molecule has 2 heteroatoms. The minimum absolute atomic E-state index is 0.214. The van der Waals surface area contributed by atoms with Crippen molar-refractivity contribution < 1.29 is 0 Å². The van der Waals surface area contributed by atoms with E-state index in [0.29, 0.717) is 0 Å². The van der Waals surface area contributed by atoms with Crippen LogP contribution >= 0.6 is 0 Å². The fourth-order valence-corrected chi connectivity index (χ4v) is 6.47. The van der Waals surface area contributed by atoms with Crippen molar-refractivity contribution in [3.8, 4) is 33.4 Å². The zero-order chi connectivity index (χ0) is 28.8. The molecule has 0 N–H and O–H groups in total. The number of rotatable bonds is 4. The van der Waals surface area contributed by atoms with Crippen molar-refractivity contribution >= 4 is 34.0 Å². The SMILES string of the molecule is CC1(c2cc(-c3ccc(-c4cccc5cccnc45)cc3)c3ccc(-c4ccccc4)cc3n2)C=c2ccccc2=CC1. The Balaban J connectivity index is 1.30. The molecule has 204 valence electrons. The molecular formula is C41H30N2. The number of fused-ring (bicyclic) bond motifs is 3. The molecule has 8 rings (SSSR count). The maximum absolute atomic E-state index is 5.36. The molecule has 1 unspecified atom stereocenters. The third-order valence-electron chi connectivity index (χ3n) is 8.86. The Labute approximate surface area is 251 Å². The van der Waals surface area contributed by atoms with E-state index < -0.39 is 0 Å². The zero-order valence-electron chi connectivity index (χ0n) is 24.0. The first kappa shape index (κ1) is 25.4. The lowest BCUT2D eigenvalue weighted by Gasteiger charge is -2.28. The normalized spacial score (nSPS) is 15.9. The summed E-state index contributed by atoms with van der Waals surface area (Å²) in [6, 6.07) is 47.7. The summed E-state index contributed by atoms with van der Waals surface area (Å²) < 4.78 is 0. The van der Waals surface area contributed by atoms with Crippen LogP contribution in [-0.2, 0) is 5.41 Å². The molecule has 2 aromatic heterocycles. The Morgan fingerprint density at radius 2 is 1.30 bits per heavy atom. The van der Waals surface area contributed by atoms with Crippen LogP contribution in [0.4, 0.5) is 0 Å². The smallest absolute Gasteiger partial charge is 0.0780 e. The first-order chi connectivity index (χ1) is 21.1. The van der Waals surface area contributed by atoms with E-state index in [0.717, 1.165) is 45.0 Å². The van der Waals surface area contributed by atoms with Crippen LogP contribution < -0.4 is 10.4 Å². The van der Waals surface area contributed by atoms with Crippen LogP contribution in [0.1, 0.15) is 19.0 Å². The van der Waals surface area contributed by atoms with Gasteiger partial charge in [0, 0.05) is 27.9 Å². The summed E-state index contributed by atoms with van der Waals surface area (Å²) in [6.07, 6.45) is 7.53. The summed E-state index contributed by atoms with van der Waals surface area (Å²) in [5.74, 6) is 0. The van der Waals surface area contributed by atoms with Gasteiger partial charge in [0.25, 0.3) is 0 Å². The second-order valence-electron chi connectivity index (χ2n) is 11.7. The van der Waals surface area contributed by atoms with Crippen molar-refractivity contribution in [1.29, 1.82) is 0 Å². The van der Waals surface area contributed by atoms with Crippen LogP contribution in [0.5, 0.6) is 0 Å². The maximum atomic E-state index is 5.36. The number of hydrogen-bond donors (Lipinski definition) is 0. The Morgan fingerprint density at radius 1 is 0.581 bits per heavy atom. The van der Waals surface area contributed by atoms with E-state index in [1.54, 1.807) is 0 Å². The Bertz CT molecular complexity index is 2260. The zero-order valence-corrected chi connectivity index (χ0v) is 24.0. The van der Waals surface area contributed by atoms with E-state index in [2.05, 4.69) is 151 Å². The predicted octanol–water partition coefficient (Wildman–Crippen LogP) is 8.71. The highest BCUT2D eigenvalue weighted by Crippen LogP contribution is 2.38. The molecule has 0 saturated carbocycles. The summed E-state index contributed by atoms with van der Waals surface area (Å²) in [5.41, 5.74) is 10.00. The van der Waals surface area contributed by atoms with Crippen molar-refractivity contribution in [2.45, 2.75) is 18.8 Å². The quantitative estimate of drug-likeness (QED) is 0.219. The highest BCUT2D eigenvalue weighted by Gasteiger charge is 2.27. The molecule has 0 spiro atoms. The Kier molecular flexibility index (Phi) is 6.01. The van der Waals surface area contributed by atoms with Crippen molar-refractivity contribution in [3.63, 3.8) is 0 Å². The lowest BCUT2D eigenvalue weighted by molar-refractivity contribution is 0.633. The van der Waals surface area contributed by atoms with Gasteiger partial charge in [0.2, 0.25) is 0 Å². The molecule has 0 radical (unpaired) electrons. The monoisotopic (exact) mass is 550 g/mol. The average Bonchev–Trinajstić information content (AvgIpc) is 3.07. The molecule has 1 aliphatic rings. The first-order valence-electron chi connectivity index (χ1n) is 14.9. The van der Waals surface area contributed by atoms with Gasteiger partial charge in [-0.15, -0.1) is 0 Å². The predicted molar refractivity (Wildman–Crippen MR) is 180 cm³/mol. The highest BCUT2D eigenvalue weighted by molar-refractivity contribution is 5.98. The standard InChI is InChI=1S/C41H30N2/c1-41(23-22-29-11-5-6-12-34(29)27-41)39-26-37(36-21-20-33(25-38(36)43-39)28-9-3-2-4-10-28)31-18-16-30(17-19-31)35-15-7-13-32-14-8-24-42-40(32)35/h2-22,24-27H,23H2,1H3. The molecule has 1 atom stereocenters. The molecule has 5 aromatic carbocycles. The average molecular weight is 551 g/mol. The summed E-state index contributed by atoms with van der Waals surface area (Å²) in [5, 5.41) is 4.88. The van der Waals surface area contributed by atoms with Crippen LogP contribution in [0.3, 0.4) is 0 Å². The lowest BCUT2D eigenvalue weighted by atomic mass is 9.78. The van der Waals surface area contributed by atoms with Gasteiger partial charge in [0.05, 0.1) is 16.7 Å². The van der Waals surface area contributed by atoms with Crippen LogP contribution in [0.2, 0.25) is 0 Å². The number of para-hydroxylation sites is 1. The molecule has 1 aliphatic carbocycles. The van der Waals surface area contributed by atoms with E-state index in [1.807, 2.05) is 12.3 Å². The molecule has 7 aromatic rings. The van der Waals surface area contributed by atoms with E-state index in [4.69, 9.17) is 4.98 Å². The summed E-state index contributed by atoms with van der Waals surface area (Å²) in [7, 11) is 0. The third-order valence-corrected chi connectivity index (χ3v) is 8.86. The van der Waals surface area contributed by atoms with Crippen molar-refractivity contribution in [1.82, 2.24) is 9.97 Å². The van der Waals surface area contributed by atoms with Gasteiger partial charge in [-0.05, 0) is 62.9 Å². The van der Waals surface area contributed by atoms with E-state index in [1.165, 1.54) is 32.7 Å². The largest absolute Gasteiger partial charge is 0.256 e. The number of nitrogens with zero attached hydrogens (tertiary/aromatic N) is 2. The number of benzene rings is 5. The molecule has 0 bridgehead atoms. The summed E-state index contributed by atoms with van der Waals surface area (Å²) in [4.78, 5) is 10.0. The first-order valence-corrected chi connectivity index (χ1v) is 14.9. The second kappa shape index (κ2) is 10.2. The summed E-state index contributed by atoms with van der Waals surface area (Å²) in [6.45, 7) is 2.31. The molecule has 2 heterocycles. The fraction of sp³-hybridized carbons (Fsp3) is 0.0732. The van der Waals surface area contributed by atoms with Crippen LogP contribution in [0.15, 0.2) is 140 Å². The topological polar surface area (TPSA) is 25.8 Å². The van der Waals surface area contributed by atoms with Gasteiger partial charge in [-0.3, -0.25) is 9.97 Å². The van der Waals surface area contributed by atoms with Gasteiger partial charge >= 0.3 is 0 Å². The van der Waals surface area contributed by atoms with Gasteiger partial charge in [-0.2, -0.15) is 0 Å². The van der Waals surface area contributed by atoms with Crippen molar-refractivity contribution in [2.75, 3.05) is 0 Å². The maximum Gasteiger partial charge on any atom is 0.0780 e. The van der Waals surface area contributed by atoms with E-state index in [9.17, 15) is 0 Å². The van der Waals surface area contributed by atoms with E-state index >= 15 is 0 Å². The molecular weight excluding hydrogens is 520 g/mol. The second-order valence-corrected chi connectivity index (χ2v) is 11.7. The van der Waals surface area contributed by atoms with Gasteiger partial charge < -0.3 is 0 Å². The van der Waals surface area contributed by atoms with Crippen LogP contribution in [0.25, 0.3) is 67.3 Å². The lowest BCUT2D eigenvalue weighted by Crippen LogP contribution is -2.35. The van der Waals surface area contributed by atoms with Gasteiger partial charge in [0.15, 0.2) is 0 Å². The van der Waals surface area contributed by atoms with E-state index in [-0.39, 0.29) is 5.41 Å². The van der Waals surface area contributed by atoms with Gasteiger partial charge in [-0.1, -0.05) is 134 Å². The number of aromatic nitrogens is 2. The third kappa shape index (κ3) is 4.52. The molecule has 2 nitrogen and oxygen atoms in total. The number of hydrogen-bond acceptors (Lipinski definition) is 2. The molecule has 0 aliphatic heterocycles. The fourth-order valence-electron chi connectivity index (χ4n) is 6.47. The van der Waals surface area contributed by atoms with Crippen molar-refractivity contribution in [2.24, 2.45) is 0 Å². The van der Waals surface area contributed by atoms with Gasteiger partial charge in [0.1, 0.15) is 0 Å². The minimum Gasteiger partial charge on any atom is -0.256 e. The summed E-state index contributed by atoms with van der Waals surface area (Å²) >= 11 is 0. The highest BCUT2D eigenvalue weighted by atomic mass is 14.7. The van der Waals surface area contributed by atoms with Crippen LogP contribution in [0, 0.1) is 0 Å². The number of pyridine rings is 2. The molecule has 0 amide bonds. The van der Waals surface area contributed by atoms with Crippen LogP contribution in [-0.4, -0.2) is 9.97 Å².